The molecule has 2 bridgehead atoms. The molecule has 1 saturated heterocycles. The Bertz CT molecular complexity index is 768. The van der Waals surface area contributed by atoms with Crippen molar-refractivity contribution in [2.45, 2.75) is 40.7 Å². The molecule has 0 spiro atoms. The summed E-state index contributed by atoms with van der Waals surface area (Å²) in [5.41, 5.74) is 1.90. The first-order valence-corrected chi connectivity index (χ1v) is 9.47. The highest BCUT2D eigenvalue weighted by Gasteiger charge is 2.54. The molecule has 1 aliphatic carbocycles. The summed E-state index contributed by atoms with van der Waals surface area (Å²) >= 11 is 0. The second-order valence-corrected chi connectivity index (χ2v) is 7.89. The molecule has 0 radical (unpaired) electrons. The fraction of sp³-hybridized carbons (Fsp3) is 0.545. The van der Waals surface area contributed by atoms with Gasteiger partial charge in [0.2, 0.25) is 0 Å². The minimum Gasteiger partial charge on any atom is -0.465 e. The molecule has 0 saturated carbocycles. The van der Waals surface area contributed by atoms with E-state index < -0.39 is 0 Å². The maximum absolute atomic E-state index is 11.5. The molecular formula is C22H28O5. The highest BCUT2D eigenvalue weighted by atomic mass is 16.5. The molecule has 5 nitrogen and oxygen atoms in total. The van der Waals surface area contributed by atoms with E-state index >= 15 is 0 Å². The van der Waals surface area contributed by atoms with Crippen molar-refractivity contribution in [2.24, 2.45) is 23.2 Å². The van der Waals surface area contributed by atoms with Gasteiger partial charge in [-0.2, -0.15) is 0 Å². The van der Waals surface area contributed by atoms with Gasteiger partial charge < -0.3 is 14.2 Å². The maximum Gasteiger partial charge on any atom is 0.308 e. The van der Waals surface area contributed by atoms with Gasteiger partial charge in [-0.3, -0.25) is 9.59 Å². The third kappa shape index (κ3) is 3.53. The van der Waals surface area contributed by atoms with Crippen LogP contribution in [0, 0.1) is 23.2 Å². The van der Waals surface area contributed by atoms with Crippen LogP contribution in [0.25, 0.3) is 0 Å². The van der Waals surface area contributed by atoms with Crippen molar-refractivity contribution in [1.29, 1.82) is 0 Å². The number of esters is 2. The van der Waals surface area contributed by atoms with Crippen LogP contribution in [0.5, 0.6) is 5.75 Å². The minimum atomic E-state index is -0.347. The first kappa shape index (κ1) is 19.6. The van der Waals surface area contributed by atoms with Gasteiger partial charge in [-0.05, 0) is 24.8 Å². The fourth-order valence-corrected chi connectivity index (χ4v) is 4.74. The second kappa shape index (κ2) is 7.47. The molecule has 5 heteroatoms. The normalized spacial score (nSPS) is 32.4. The molecule has 5 atom stereocenters. The first-order valence-electron chi connectivity index (χ1n) is 9.47. The standard InChI is InChI=1S/C22H28O5/c1-13-10-14(2)22(11-25-16(4)23)12-26-21(20(13)15(22)3)18-8-6-7-9-19(18)27-17(5)24/h6-10,14-15,20-21H,11-12H2,1-5H3/t14-,15-,20+,21+,22+/m0/s1. The van der Waals surface area contributed by atoms with Crippen molar-refractivity contribution in [3.63, 3.8) is 0 Å². The van der Waals surface area contributed by atoms with Gasteiger partial charge in [0.05, 0.1) is 19.3 Å². The van der Waals surface area contributed by atoms with E-state index in [1.54, 1.807) is 6.07 Å². The van der Waals surface area contributed by atoms with Crippen LogP contribution >= 0.6 is 0 Å². The number of allylic oxidation sites excluding steroid dienone is 1. The van der Waals surface area contributed by atoms with Crippen molar-refractivity contribution >= 4 is 11.9 Å². The summed E-state index contributed by atoms with van der Waals surface area (Å²) in [6, 6.07) is 7.54. The van der Waals surface area contributed by atoms with E-state index in [-0.39, 0.29) is 41.2 Å². The van der Waals surface area contributed by atoms with Crippen molar-refractivity contribution in [3.05, 3.63) is 41.5 Å². The van der Waals surface area contributed by atoms with Gasteiger partial charge in [0.25, 0.3) is 0 Å². The lowest BCUT2D eigenvalue weighted by Gasteiger charge is -2.55. The molecule has 0 unspecified atom stereocenters. The van der Waals surface area contributed by atoms with E-state index in [9.17, 15) is 9.59 Å². The van der Waals surface area contributed by atoms with E-state index in [0.717, 1.165) is 5.56 Å². The number of para-hydroxylation sites is 1. The van der Waals surface area contributed by atoms with E-state index in [4.69, 9.17) is 14.2 Å². The number of fused-ring (bicyclic) bond motifs is 2. The maximum atomic E-state index is 11.5. The van der Waals surface area contributed by atoms with Crippen LogP contribution in [-0.2, 0) is 19.1 Å². The van der Waals surface area contributed by atoms with Crippen LogP contribution in [0.1, 0.15) is 46.3 Å². The molecule has 1 aliphatic heterocycles. The molecule has 1 aromatic rings. The zero-order chi connectivity index (χ0) is 19.8. The van der Waals surface area contributed by atoms with Crippen LogP contribution < -0.4 is 4.74 Å². The zero-order valence-corrected chi connectivity index (χ0v) is 16.7. The molecule has 2 aliphatic rings. The average molecular weight is 372 g/mol. The van der Waals surface area contributed by atoms with Crippen LogP contribution in [0.15, 0.2) is 35.9 Å². The molecule has 0 aromatic heterocycles. The topological polar surface area (TPSA) is 61.8 Å². The average Bonchev–Trinajstić information content (AvgIpc) is 2.59. The number of carbonyl (C=O) groups is 2. The van der Waals surface area contributed by atoms with E-state index in [1.165, 1.54) is 19.4 Å². The van der Waals surface area contributed by atoms with Crippen LogP contribution in [0.3, 0.4) is 0 Å². The van der Waals surface area contributed by atoms with Crippen molar-refractivity contribution in [3.8, 4) is 5.75 Å². The van der Waals surface area contributed by atoms with Crippen molar-refractivity contribution < 1.29 is 23.8 Å². The van der Waals surface area contributed by atoms with E-state index in [0.29, 0.717) is 19.0 Å². The number of hydrogen-bond acceptors (Lipinski definition) is 5. The lowest BCUT2D eigenvalue weighted by Crippen LogP contribution is -2.54. The molecule has 1 aromatic carbocycles. The van der Waals surface area contributed by atoms with Gasteiger partial charge in [0, 0.05) is 30.7 Å². The molecular weight excluding hydrogens is 344 g/mol. The highest BCUT2D eigenvalue weighted by Crippen LogP contribution is 2.57. The molecule has 27 heavy (non-hydrogen) atoms. The second-order valence-electron chi connectivity index (χ2n) is 7.89. The largest absolute Gasteiger partial charge is 0.465 e. The Morgan fingerprint density at radius 3 is 2.56 bits per heavy atom. The predicted octanol–water partition coefficient (Wildman–Crippen LogP) is 4.08. The van der Waals surface area contributed by atoms with Gasteiger partial charge in [-0.25, -0.2) is 0 Å². The first-order chi connectivity index (χ1) is 12.8. The third-order valence-corrected chi connectivity index (χ3v) is 6.27. The Balaban J connectivity index is 1.98. The smallest absolute Gasteiger partial charge is 0.308 e. The Labute approximate surface area is 160 Å². The number of hydrogen-bond donors (Lipinski definition) is 0. The summed E-state index contributed by atoms with van der Waals surface area (Å²) in [5.74, 6) is 0.547. The summed E-state index contributed by atoms with van der Waals surface area (Å²) < 4.78 is 17.2. The summed E-state index contributed by atoms with van der Waals surface area (Å²) in [5, 5.41) is 0. The molecule has 3 rings (SSSR count). The molecule has 0 amide bonds. The number of ether oxygens (including phenoxy) is 3. The summed E-state index contributed by atoms with van der Waals surface area (Å²) in [7, 11) is 0. The highest BCUT2D eigenvalue weighted by molar-refractivity contribution is 5.70. The van der Waals surface area contributed by atoms with Gasteiger partial charge in [0.1, 0.15) is 5.75 Å². The van der Waals surface area contributed by atoms with E-state index in [2.05, 4.69) is 26.8 Å². The SMILES string of the molecule is CC(=O)OC[C@@]12CO[C@H](c3ccccc3OC(C)=O)[C@H](C(C)=C[C@@H]1C)[C@@H]2C. The Morgan fingerprint density at radius 2 is 1.89 bits per heavy atom. The minimum absolute atomic E-state index is 0.127. The van der Waals surface area contributed by atoms with E-state index in [1.807, 2.05) is 18.2 Å². The van der Waals surface area contributed by atoms with Crippen molar-refractivity contribution in [2.75, 3.05) is 13.2 Å². The predicted molar refractivity (Wildman–Crippen MR) is 101 cm³/mol. The van der Waals surface area contributed by atoms with Crippen LogP contribution in [-0.4, -0.2) is 25.2 Å². The van der Waals surface area contributed by atoms with Crippen LogP contribution in [0.4, 0.5) is 0 Å². The summed E-state index contributed by atoms with van der Waals surface area (Å²) in [6.07, 6.45) is 2.07. The Hall–Kier alpha value is -2.14. The quantitative estimate of drug-likeness (QED) is 0.453. The number of rotatable bonds is 4. The molecule has 0 N–H and O–H groups in total. The fourth-order valence-electron chi connectivity index (χ4n) is 4.74. The monoisotopic (exact) mass is 372 g/mol. The van der Waals surface area contributed by atoms with Gasteiger partial charge in [0.15, 0.2) is 0 Å². The van der Waals surface area contributed by atoms with Gasteiger partial charge in [-0.15, -0.1) is 0 Å². The zero-order valence-electron chi connectivity index (χ0n) is 16.7. The lowest BCUT2D eigenvalue weighted by molar-refractivity contribution is -0.180. The van der Waals surface area contributed by atoms with Crippen LogP contribution in [0.2, 0.25) is 0 Å². The molecule has 146 valence electrons. The Morgan fingerprint density at radius 1 is 1.19 bits per heavy atom. The van der Waals surface area contributed by atoms with Gasteiger partial charge >= 0.3 is 11.9 Å². The molecule has 1 heterocycles. The Kier molecular flexibility index (Phi) is 5.43. The third-order valence-electron chi connectivity index (χ3n) is 6.27. The lowest BCUT2D eigenvalue weighted by atomic mass is 9.56. The number of carbonyl (C=O) groups excluding carboxylic acids is 2. The molecule has 1 fully saturated rings. The number of benzene rings is 1. The van der Waals surface area contributed by atoms with Crippen molar-refractivity contribution in [1.82, 2.24) is 0 Å². The van der Waals surface area contributed by atoms with Gasteiger partial charge in [-0.1, -0.05) is 43.7 Å². The summed E-state index contributed by atoms with van der Waals surface area (Å²) in [4.78, 5) is 22.9. The summed E-state index contributed by atoms with van der Waals surface area (Å²) in [6.45, 7) is 10.2.